The molecule has 0 saturated carbocycles. The molecule has 3 heterocycles. The first-order valence-corrected chi connectivity index (χ1v) is 9.18. The third-order valence-electron chi connectivity index (χ3n) is 4.71. The van der Waals surface area contributed by atoms with Crippen molar-refractivity contribution in [3.8, 4) is 5.69 Å². The van der Waals surface area contributed by atoms with Crippen LogP contribution in [0.15, 0.2) is 41.6 Å². The summed E-state index contributed by atoms with van der Waals surface area (Å²) in [5.41, 5.74) is 1.36. The third-order valence-corrected chi connectivity index (χ3v) is 6.68. The van der Waals surface area contributed by atoms with E-state index < -0.39 is 10.0 Å². The van der Waals surface area contributed by atoms with E-state index in [1.54, 1.807) is 42.2 Å². The average molecular weight is 347 g/mol. The lowest BCUT2D eigenvalue weighted by Crippen LogP contribution is -2.31. The highest BCUT2D eigenvalue weighted by Crippen LogP contribution is 2.34. The van der Waals surface area contributed by atoms with E-state index in [1.165, 1.54) is 4.31 Å². The van der Waals surface area contributed by atoms with Gasteiger partial charge in [0.2, 0.25) is 10.0 Å². The summed E-state index contributed by atoms with van der Waals surface area (Å²) in [6, 6.07) is 7.01. The molecule has 0 aliphatic carbocycles. The Bertz CT molecular complexity index is 892. The first-order chi connectivity index (χ1) is 11.5. The second-order valence-electron chi connectivity index (χ2n) is 6.22. The Labute approximate surface area is 139 Å². The quantitative estimate of drug-likeness (QED) is 0.773. The van der Waals surface area contributed by atoms with Crippen molar-refractivity contribution < 1.29 is 17.9 Å². The van der Waals surface area contributed by atoms with Crippen molar-refractivity contribution in [1.82, 2.24) is 14.1 Å². The van der Waals surface area contributed by atoms with Gasteiger partial charge in [-0.15, -0.1) is 0 Å². The van der Waals surface area contributed by atoms with Crippen LogP contribution in [0.25, 0.3) is 5.69 Å². The number of carbonyl (C=O) groups is 1. The van der Waals surface area contributed by atoms with Gasteiger partial charge in [0.15, 0.2) is 0 Å². The normalized spacial score (nSPS) is 24.1. The monoisotopic (exact) mass is 347 g/mol. The van der Waals surface area contributed by atoms with Crippen LogP contribution in [0, 0.1) is 18.8 Å². The van der Waals surface area contributed by atoms with Gasteiger partial charge < -0.3 is 4.74 Å². The molecule has 2 aromatic rings. The van der Waals surface area contributed by atoms with E-state index in [-0.39, 0.29) is 29.2 Å². The van der Waals surface area contributed by atoms with Crippen LogP contribution in [-0.2, 0) is 19.6 Å². The minimum absolute atomic E-state index is 0.0399. The molecule has 0 radical (unpaired) electrons. The van der Waals surface area contributed by atoms with Gasteiger partial charge in [-0.05, 0) is 30.7 Å². The smallest absolute Gasteiger partial charge is 0.310 e. The molecule has 126 valence electrons. The van der Waals surface area contributed by atoms with Gasteiger partial charge >= 0.3 is 5.97 Å². The lowest BCUT2D eigenvalue weighted by atomic mass is 10.0. The molecule has 2 saturated heterocycles. The van der Waals surface area contributed by atoms with E-state index in [1.807, 2.05) is 6.07 Å². The molecule has 1 aromatic carbocycles. The van der Waals surface area contributed by atoms with Crippen molar-refractivity contribution in [2.24, 2.45) is 11.8 Å². The second kappa shape index (κ2) is 5.42. The van der Waals surface area contributed by atoms with Gasteiger partial charge in [0, 0.05) is 31.4 Å². The van der Waals surface area contributed by atoms with Crippen LogP contribution < -0.4 is 0 Å². The molecule has 0 spiro atoms. The number of nitrogens with zero attached hydrogens (tertiary/aromatic N) is 3. The van der Waals surface area contributed by atoms with Crippen molar-refractivity contribution in [1.29, 1.82) is 0 Å². The fourth-order valence-corrected chi connectivity index (χ4v) is 5.10. The first-order valence-electron chi connectivity index (χ1n) is 7.74. The van der Waals surface area contributed by atoms with Crippen LogP contribution in [0.3, 0.4) is 0 Å². The van der Waals surface area contributed by atoms with E-state index in [0.29, 0.717) is 24.4 Å². The molecule has 1 aromatic heterocycles. The van der Waals surface area contributed by atoms with E-state index in [0.717, 1.165) is 0 Å². The summed E-state index contributed by atoms with van der Waals surface area (Å²) in [7, 11) is -3.66. The number of aromatic nitrogens is 2. The van der Waals surface area contributed by atoms with E-state index in [9.17, 15) is 13.2 Å². The lowest BCUT2D eigenvalue weighted by Gasteiger charge is -2.19. The van der Waals surface area contributed by atoms with Gasteiger partial charge in [0.1, 0.15) is 0 Å². The molecule has 0 bridgehead atoms. The molecule has 2 fully saturated rings. The molecule has 2 aliphatic heterocycles. The molecular formula is C16H17N3O4S. The van der Waals surface area contributed by atoms with Gasteiger partial charge in [-0.25, -0.2) is 13.1 Å². The number of rotatable bonds is 3. The summed E-state index contributed by atoms with van der Waals surface area (Å²) in [5, 5.41) is 4.14. The number of sulfonamides is 1. The Balaban J connectivity index is 1.70. The first kappa shape index (κ1) is 15.3. The summed E-state index contributed by atoms with van der Waals surface area (Å²) in [6.45, 7) is 2.59. The summed E-state index contributed by atoms with van der Waals surface area (Å²) in [6.07, 6.45) is 3.40. The number of ether oxygens (including phenoxy) is 1. The van der Waals surface area contributed by atoms with Crippen molar-refractivity contribution in [3.63, 3.8) is 0 Å². The summed E-state index contributed by atoms with van der Waals surface area (Å²) in [4.78, 5) is 11.9. The molecule has 0 N–H and O–H groups in total. The molecule has 2 atom stereocenters. The number of fused-ring (bicyclic) bond motifs is 1. The van der Waals surface area contributed by atoms with Crippen LogP contribution in [-0.4, -0.2) is 48.2 Å². The van der Waals surface area contributed by atoms with Crippen LogP contribution in [0.2, 0.25) is 0 Å². The molecule has 24 heavy (non-hydrogen) atoms. The number of hydrogen-bond acceptors (Lipinski definition) is 5. The zero-order valence-electron chi connectivity index (χ0n) is 13.1. The van der Waals surface area contributed by atoms with Crippen molar-refractivity contribution in [2.75, 3.05) is 19.7 Å². The van der Waals surface area contributed by atoms with Crippen molar-refractivity contribution >= 4 is 16.0 Å². The zero-order chi connectivity index (χ0) is 16.9. The highest BCUT2D eigenvalue weighted by atomic mass is 32.2. The Kier molecular flexibility index (Phi) is 3.47. The lowest BCUT2D eigenvalue weighted by molar-refractivity contribution is -0.141. The maximum atomic E-state index is 13.1. The standard InChI is InChI=1S/C16H17N3O4S/c1-11-3-4-13(19-6-2-5-17-19)7-15(11)24(21,22)18-8-12-10-23-16(20)14(12)9-18/h2-7,12,14H,8-10H2,1H3/t12-,14-/m1/s1. The maximum absolute atomic E-state index is 13.1. The number of cyclic esters (lactones) is 1. The topological polar surface area (TPSA) is 81.5 Å². The Hall–Kier alpha value is -2.19. The number of benzene rings is 1. The molecule has 0 amide bonds. The fraction of sp³-hybridized carbons (Fsp3) is 0.375. The van der Waals surface area contributed by atoms with Gasteiger partial charge in [-0.3, -0.25) is 4.79 Å². The maximum Gasteiger partial charge on any atom is 0.310 e. The highest BCUT2D eigenvalue weighted by Gasteiger charge is 2.47. The predicted molar refractivity (Wildman–Crippen MR) is 85.0 cm³/mol. The van der Waals surface area contributed by atoms with Gasteiger partial charge in [-0.1, -0.05) is 6.07 Å². The second-order valence-corrected chi connectivity index (χ2v) is 8.13. The molecule has 7 nitrogen and oxygen atoms in total. The van der Waals surface area contributed by atoms with E-state index in [2.05, 4.69) is 5.10 Å². The molecular weight excluding hydrogens is 330 g/mol. The number of carbonyl (C=O) groups excluding carboxylic acids is 1. The van der Waals surface area contributed by atoms with E-state index in [4.69, 9.17) is 4.74 Å². The van der Waals surface area contributed by atoms with Gasteiger partial charge in [0.05, 0.1) is 23.1 Å². The highest BCUT2D eigenvalue weighted by molar-refractivity contribution is 7.89. The van der Waals surface area contributed by atoms with Crippen molar-refractivity contribution in [3.05, 3.63) is 42.2 Å². The predicted octanol–water partition coefficient (Wildman–Crippen LogP) is 0.974. The molecule has 0 unspecified atom stereocenters. The van der Waals surface area contributed by atoms with E-state index >= 15 is 0 Å². The Morgan fingerprint density at radius 2 is 2.12 bits per heavy atom. The third kappa shape index (κ3) is 2.33. The summed E-state index contributed by atoms with van der Waals surface area (Å²) < 4.78 is 34.1. The molecule has 2 aliphatic rings. The van der Waals surface area contributed by atoms with Crippen LogP contribution in [0.5, 0.6) is 0 Å². The van der Waals surface area contributed by atoms with Crippen LogP contribution in [0.4, 0.5) is 0 Å². The SMILES string of the molecule is Cc1ccc(-n2cccn2)cc1S(=O)(=O)N1C[C@@H]2COC(=O)[C@@H]2C1. The zero-order valence-corrected chi connectivity index (χ0v) is 13.9. The number of esters is 1. The Morgan fingerprint density at radius 3 is 2.83 bits per heavy atom. The number of aryl methyl sites for hydroxylation is 1. The minimum atomic E-state index is -3.66. The summed E-state index contributed by atoms with van der Waals surface area (Å²) in [5.74, 6) is -0.670. The Morgan fingerprint density at radius 1 is 1.29 bits per heavy atom. The van der Waals surface area contributed by atoms with Crippen molar-refractivity contribution in [2.45, 2.75) is 11.8 Å². The van der Waals surface area contributed by atoms with Crippen LogP contribution in [0.1, 0.15) is 5.56 Å². The largest absolute Gasteiger partial charge is 0.465 e. The molecule has 8 heteroatoms. The minimum Gasteiger partial charge on any atom is -0.465 e. The number of hydrogen-bond donors (Lipinski definition) is 0. The molecule has 4 rings (SSSR count). The average Bonchev–Trinajstić information content (AvgIpc) is 3.27. The summed E-state index contributed by atoms with van der Waals surface area (Å²) >= 11 is 0. The van der Waals surface area contributed by atoms with Gasteiger partial charge in [-0.2, -0.15) is 9.40 Å². The van der Waals surface area contributed by atoms with Gasteiger partial charge in [0.25, 0.3) is 0 Å². The van der Waals surface area contributed by atoms with Crippen LogP contribution >= 0.6 is 0 Å². The fourth-order valence-electron chi connectivity index (χ4n) is 3.33.